The van der Waals surface area contributed by atoms with E-state index in [4.69, 9.17) is 17.0 Å². The van der Waals surface area contributed by atoms with Crippen molar-refractivity contribution >= 4 is 46.1 Å². The van der Waals surface area contributed by atoms with Crippen molar-refractivity contribution in [1.82, 2.24) is 10.2 Å². The number of H-pyrrole nitrogens is 1. The number of methoxy groups -OCH3 is 1. The molecular weight excluding hydrogens is 326 g/mol. The predicted molar refractivity (Wildman–Crippen MR) is 84.5 cm³/mol. The van der Waals surface area contributed by atoms with Gasteiger partial charge in [0.15, 0.2) is 3.95 Å². The Kier molecular flexibility index (Phi) is 5.02. The number of ketones is 1. The van der Waals surface area contributed by atoms with Crippen LogP contribution < -0.4 is 10.1 Å². The Labute approximate surface area is 134 Å². The van der Waals surface area contributed by atoms with Crippen LogP contribution in [-0.2, 0) is 9.59 Å². The van der Waals surface area contributed by atoms with Crippen LogP contribution in [-0.4, -0.2) is 34.1 Å². The average molecular weight is 337 g/mol. The molecule has 1 aromatic heterocycles. The molecule has 0 aliphatic rings. The molecule has 9 heteroatoms. The van der Waals surface area contributed by atoms with Gasteiger partial charge in [0.1, 0.15) is 11.5 Å². The topological polar surface area (TPSA) is 104 Å². The van der Waals surface area contributed by atoms with E-state index in [1.807, 2.05) is 0 Å². The summed E-state index contributed by atoms with van der Waals surface area (Å²) < 4.78 is 5.36. The third-order valence-electron chi connectivity index (χ3n) is 2.54. The summed E-state index contributed by atoms with van der Waals surface area (Å²) in [6.45, 7) is 0. The number of carbonyl (C=O) groups excluding carboxylic acids is 2. The van der Waals surface area contributed by atoms with Gasteiger partial charge in [0.05, 0.1) is 7.11 Å². The Bertz CT molecular complexity index is 777. The number of hydrogen-bond donors (Lipinski definition) is 3. The Morgan fingerprint density at radius 1 is 1.41 bits per heavy atom. The van der Waals surface area contributed by atoms with Crippen LogP contribution in [0.5, 0.6) is 5.75 Å². The zero-order valence-corrected chi connectivity index (χ0v) is 13.0. The third kappa shape index (κ3) is 3.99. The van der Waals surface area contributed by atoms with E-state index in [9.17, 15) is 14.7 Å². The van der Waals surface area contributed by atoms with Crippen molar-refractivity contribution in [2.45, 2.75) is 0 Å². The first-order valence-corrected chi connectivity index (χ1v) is 7.18. The van der Waals surface area contributed by atoms with Gasteiger partial charge in [0, 0.05) is 11.6 Å². The summed E-state index contributed by atoms with van der Waals surface area (Å²) in [6, 6.07) is 6.38. The van der Waals surface area contributed by atoms with Gasteiger partial charge in [0.2, 0.25) is 10.9 Å². The van der Waals surface area contributed by atoms with Crippen LogP contribution in [0.4, 0.5) is 5.13 Å². The number of aromatic nitrogens is 2. The molecule has 1 amide bonds. The molecule has 3 N–H and O–H groups in total. The smallest absolute Gasteiger partial charge is 0.298 e. The summed E-state index contributed by atoms with van der Waals surface area (Å²) in [5.74, 6) is -1.54. The molecule has 0 atom stereocenters. The molecule has 0 saturated heterocycles. The molecule has 2 aromatic rings. The molecule has 7 nitrogen and oxygen atoms in total. The van der Waals surface area contributed by atoms with Crippen molar-refractivity contribution in [3.63, 3.8) is 0 Å². The minimum atomic E-state index is -0.919. The second kappa shape index (κ2) is 6.96. The lowest BCUT2D eigenvalue weighted by Gasteiger charge is -2.02. The van der Waals surface area contributed by atoms with Gasteiger partial charge in [-0.1, -0.05) is 11.3 Å². The van der Waals surface area contributed by atoms with Crippen LogP contribution in [0.2, 0.25) is 0 Å². The fourth-order valence-corrected chi connectivity index (χ4v) is 2.26. The monoisotopic (exact) mass is 337 g/mol. The molecular formula is C13H11N3O4S2. The lowest BCUT2D eigenvalue weighted by atomic mass is 10.1. The van der Waals surface area contributed by atoms with Crippen molar-refractivity contribution in [3.8, 4) is 5.75 Å². The van der Waals surface area contributed by atoms with Crippen molar-refractivity contribution in [3.05, 3.63) is 39.9 Å². The van der Waals surface area contributed by atoms with Gasteiger partial charge in [-0.15, -0.1) is 5.10 Å². The highest BCUT2D eigenvalue weighted by atomic mass is 32.1. The van der Waals surface area contributed by atoms with Crippen molar-refractivity contribution in [2.24, 2.45) is 0 Å². The largest absolute Gasteiger partial charge is 0.507 e. The van der Waals surface area contributed by atoms with Gasteiger partial charge < -0.3 is 9.84 Å². The third-order valence-corrected chi connectivity index (χ3v) is 3.54. The summed E-state index contributed by atoms with van der Waals surface area (Å²) >= 11 is 5.83. The number of benzene rings is 1. The number of hydrogen-bond acceptors (Lipinski definition) is 7. The van der Waals surface area contributed by atoms with Crippen LogP contribution in [0.25, 0.3) is 5.76 Å². The van der Waals surface area contributed by atoms with Gasteiger partial charge >= 0.3 is 0 Å². The van der Waals surface area contributed by atoms with Gasteiger partial charge in [-0.3, -0.25) is 20.0 Å². The Balaban J connectivity index is 2.07. The number of aromatic amines is 1. The number of carbonyl (C=O) groups is 2. The molecule has 0 aliphatic carbocycles. The Morgan fingerprint density at radius 2 is 2.09 bits per heavy atom. The molecule has 22 heavy (non-hydrogen) atoms. The maximum atomic E-state index is 11.7. The van der Waals surface area contributed by atoms with Gasteiger partial charge in [-0.25, -0.2) is 0 Å². The fraction of sp³-hybridized carbons (Fsp3) is 0.0769. The van der Waals surface area contributed by atoms with Crippen molar-refractivity contribution in [2.75, 3.05) is 12.4 Å². The zero-order valence-electron chi connectivity index (χ0n) is 11.3. The minimum Gasteiger partial charge on any atom is -0.507 e. The number of aliphatic hydroxyl groups excluding tert-OH is 1. The van der Waals surface area contributed by atoms with E-state index >= 15 is 0 Å². The zero-order chi connectivity index (χ0) is 16.1. The van der Waals surface area contributed by atoms with E-state index in [2.05, 4.69) is 15.5 Å². The molecule has 2 rings (SSSR count). The number of nitrogens with zero attached hydrogens (tertiary/aromatic N) is 1. The SMILES string of the molecule is COc1ccc(/C(O)=C/C(=O)C(=O)Nc2n[nH]c(=S)s2)cc1. The molecule has 1 aromatic carbocycles. The quantitative estimate of drug-likeness (QED) is 0.335. The number of anilines is 1. The summed E-state index contributed by atoms with van der Waals surface area (Å²) in [7, 11) is 1.52. The van der Waals surface area contributed by atoms with E-state index in [1.54, 1.807) is 24.3 Å². The van der Waals surface area contributed by atoms with Gasteiger partial charge in [-0.05, 0) is 36.5 Å². The van der Waals surface area contributed by atoms with E-state index in [0.717, 1.165) is 17.4 Å². The molecule has 0 fully saturated rings. The molecule has 0 spiro atoms. The van der Waals surface area contributed by atoms with Crippen LogP contribution in [0.15, 0.2) is 30.3 Å². The number of aliphatic hydroxyl groups is 1. The first kappa shape index (κ1) is 15.9. The highest BCUT2D eigenvalue weighted by molar-refractivity contribution is 7.73. The van der Waals surface area contributed by atoms with Crippen molar-refractivity contribution < 1.29 is 19.4 Å². The van der Waals surface area contributed by atoms with Crippen LogP contribution in [0.3, 0.4) is 0 Å². The van der Waals surface area contributed by atoms with Gasteiger partial charge in [0.25, 0.3) is 5.91 Å². The maximum Gasteiger partial charge on any atom is 0.298 e. The van der Waals surface area contributed by atoms with Crippen molar-refractivity contribution in [1.29, 1.82) is 0 Å². The summed E-state index contributed by atoms with van der Waals surface area (Å²) in [4.78, 5) is 23.4. The van der Waals surface area contributed by atoms with E-state index in [-0.39, 0.29) is 10.9 Å². The Morgan fingerprint density at radius 3 is 2.64 bits per heavy atom. The summed E-state index contributed by atoms with van der Waals surface area (Å²) in [6.07, 6.45) is 0.836. The predicted octanol–water partition coefficient (Wildman–Crippen LogP) is 2.32. The standard InChI is InChI=1S/C13H11N3O4S2/c1-20-8-4-2-7(3-5-8)9(17)6-10(18)11(19)14-12-15-16-13(21)22-12/h2-6,17H,1H3,(H,16,21)(H,14,15,19)/b9-6-. The maximum absolute atomic E-state index is 11.7. The second-order valence-corrected chi connectivity index (χ2v) is 5.66. The van der Waals surface area contributed by atoms with E-state index < -0.39 is 11.7 Å². The van der Waals surface area contributed by atoms with Crippen LogP contribution >= 0.6 is 23.6 Å². The van der Waals surface area contributed by atoms with E-state index in [1.165, 1.54) is 7.11 Å². The number of amides is 1. The normalized spacial score (nSPS) is 11.0. The molecule has 1 heterocycles. The molecule has 114 valence electrons. The van der Waals surface area contributed by atoms with Gasteiger partial charge in [-0.2, -0.15) is 0 Å². The number of rotatable bonds is 5. The molecule has 0 unspecified atom stereocenters. The van der Waals surface area contributed by atoms with E-state index in [0.29, 0.717) is 15.3 Å². The van der Waals surface area contributed by atoms with Crippen LogP contribution in [0, 0.1) is 3.95 Å². The first-order valence-electron chi connectivity index (χ1n) is 5.95. The lowest BCUT2D eigenvalue weighted by Crippen LogP contribution is -2.21. The summed E-state index contributed by atoms with van der Waals surface area (Å²) in [5.41, 5.74) is 0.386. The first-order chi connectivity index (χ1) is 10.5. The summed E-state index contributed by atoms with van der Waals surface area (Å²) in [5, 5.41) is 18.5. The Hall–Kier alpha value is -2.52. The minimum absolute atomic E-state index is 0.181. The highest BCUT2D eigenvalue weighted by Crippen LogP contribution is 2.17. The number of nitrogens with one attached hydrogen (secondary N) is 2. The molecule has 0 radical (unpaired) electrons. The fourth-order valence-electron chi connectivity index (χ4n) is 1.48. The second-order valence-electron chi connectivity index (χ2n) is 3.99. The highest BCUT2D eigenvalue weighted by Gasteiger charge is 2.14. The number of ether oxygens (including phenoxy) is 1. The molecule has 0 bridgehead atoms. The molecule has 0 saturated carbocycles. The van der Waals surface area contributed by atoms with Crippen LogP contribution in [0.1, 0.15) is 5.56 Å². The lowest BCUT2D eigenvalue weighted by molar-refractivity contribution is -0.131. The molecule has 0 aliphatic heterocycles. The average Bonchev–Trinajstić information content (AvgIpc) is 2.92.